The average molecular weight is 306 g/mol. The summed E-state index contributed by atoms with van der Waals surface area (Å²) in [5.41, 5.74) is 0. The predicted octanol–water partition coefficient (Wildman–Crippen LogP) is 2.37. The first-order valence-electron chi connectivity index (χ1n) is 6.12. The first kappa shape index (κ1) is 17.1. The lowest BCUT2D eigenvalue weighted by Crippen LogP contribution is -2.58. The van der Waals surface area contributed by atoms with E-state index in [0.29, 0.717) is 12.8 Å². The number of amides is 1. The maximum absolute atomic E-state index is 12.4. The van der Waals surface area contributed by atoms with Crippen LogP contribution in [0.5, 0.6) is 0 Å². The second kappa shape index (κ2) is 5.79. The molecule has 1 aliphatic heterocycles. The van der Waals surface area contributed by atoms with Crippen LogP contribution < -0.4 is 10.6 Å². The van der Waals surface area contributed by atoms with Crippen molar-refractivity contribution >= 4 is 5.91 Å². The van der Waals surface area contributed by atoms with Gasteiger partial charge in [0.25, 0.3) is 0 Å². The monoisotopic (exact) mass is 306 g/mol. The quantitative estimate of drug-likeness (QED) is 0.769. The van der Waals surface area contributed by atoms with Crippen LogP contribution in [0.2, 0.25) is 0 Å². The third-order valence-corrected chi connectivity index (χ3v) is 3.31. The maximum atomic E-state index is 12.4. The summed E-state index contributed by atoms with van der Waals surface area (Å²) in [7, 11) is 0. The van der Waals surface area contributed by atoms with Gasteiger partial charge in [-0.05, 0) is 26.7 Å². The van der Waals surface area contributed by atoms with Gasteiger partial charge < -0.3 is 10.6 Å². The van der Waals surface area contributed by atoms with Gasteiger partial charge in [-0.3, -0.25) is 4.79 Å². The van der Waals surface area contributed by atoms with Crippen molar-refractivity contribution in [1.82, 2.24) is 10.6 Å². The molecular formula is C11H16F6N2O. The number of alkyl halides is 6. The average Bonchev–Trinajstić information content (AvgIpc) is 2.17. The Bertz CT molecular complexity index is 340. The summed E-state index contributed by atoms with van der Waals surface area (Å²) in [5, 5.41) is 4.83. The molecule has 1 heterocycles. The standard InChI is InChI=1S/C11H16F6N2O/c1-5-3-4-7(6(2)18-5)19-9(20)8(10(12,13)14)11(15,16)17/h5-8,18H,3-4H2,1-2H3,(H,19,20). The van der Waals surface area contributed by atoms with Gasteiger partial charge in [0.2, 0.25) is 11.8 Å². The summed E-state index contributed by atoms with van der Waals surface area (Å²) in [5.74, 6) is -6.03. The fraction of sp³-hybridized carbons (Fsp3) is 0.909. The van der Waals surface area contributed by atoms with E-state index >= 15 is 0 Å². The SMILES string of the molecule is CC1CCC(NC(=O)C(C(F)(F)F)C(F)(F)F)C(C)N1. The highest BCUT2D eigenvalue weighted by molar-refractivity contribution is 5.80. The van der Waals surface area contributed by atoms with E-state index < -0.39 is 30.2 Å². The minimum atomic E-state index is -5.65. The Labute approximate surface area is 112 Å². The van der Waals surface area contributed by atoms with Crippen LogP contribution in [0, 0.1) is 5.92 Å². The van der Waals surface area contributed by atoms with Crippen LogP contribution in [0.3, 0.4) is 0 Å². The van der Waals surface area contributed by atoms with Gasteiger partial charge >= 0.3 is 12.4 Å². The Kier molecular flexibility index (Phi) is 4.94. The third-order valence-electron chi connectivity index (χ3n) is 3.31. The molecule has 1 fully saturated rings. The van der Waals surface area contributed by atoms with E-state index in [9.17, 15) is 31.1 Å². The van der Waals surface area contributed by atoms with Crippen molar-refractivity contribution in [3.05, 3.63) is 0 Å². The topological polar surface area (TPSA) is 41.1 Å². The van der Waals surface area contributed by atoms with Crippen molar-refractivity contribution in [3.63, 3.8) is 0 Å². The molecule has 0 aromatic heterocycles. The number of carbonyl (C=O) groups is 1. The molecule has 20 heavy (non-hydrogen) atoms. The Hall–Kier alpha value is -0.990. The van der Waals surface area contributed by atoms with Gasteiger partial charge in [0.15, 0.2) is 0 Å². The van der Waals surface area contributed by atoms with Crippen LogP contribution in [0.4, 0.5) is 26.3 Å². The first-order chi connectivity index (χ1) is 8.93. The van der Waals surface area contributed by atoms with Crippen molar-refractivity contribution in [2.45, 2.75) is 57.2 Å². The Morgan fingerprint density at radius 2 is 1.60 bits per heavy atom. The van der Waals surface area contributed by atoms with E-state index in [0.717, 1.165) is 0 Å². The van der Waals surface area contributed by atoms with Crippen molar-refractivity contribution in [2.24, 2.45) is 5.92 Å². The summed E-state index contributed by atoms with van der Waals surface area (Å²) in [6.45, 7) is 3.46. The molecule has 3 atom stereocenters. The summed E-state index contributed by atoms with van der Waals surface area (Å²) >= 11 is 0. The van der Waals surface area contributed by atoms with Crippen molar-refractivity contribution in [1.29, 1.82) is 0 Å². The van der Waals surface area contributed by atoms with Gasteiger partial charge in [0, 0.05) is 18.1 Å². The molecule has 0 saturated carbocycles. The number of hydrogen-bond acceptors (Lipinski definition) is 2. The molecule has 3 nitrogen and oxygen atoms in total. The zero-order chi connectivity index (χ0) is 15.7. The smallest absolute Gasteiger partial charge is 0.351 e. The minimum Gasteiger partial charge on any atom is -0.351 e. The van der Waals surface area contributed by atoms with E-state index in [-0.39, 0.29) is 12.1 Å². The summed E-state index contributed by atoms with van der Waals surface area (Å²) in [6, 6.07) is -1.02. The lowest BCUT2D eigenvalue weighted by atomic mass is 9.94. The lowest BCUT2D eigenvalue weighted by molar-refractivity contribution is -0.274. The lowest BCUT2D eigenvalue weighted by Gasteiger charge is -2.35. The predicted molar refractivity (Wildman–Crippen MR) is 58.8 cm³/mol. The molecule has 1 saturated heterocycles. The zero-order valence-corrected chi connectivity index (χ0v) is 10.9. The Balaban J connectivity index is 2.77. The van der Waals surface area contributed by atoms with Gasteiger partial charge in [-0.1, -0.05) is 0 Å². The second-order valence-electron chi connectivity index (χ2n) is 5.07. The Morgan fingerprint density at radius 3 is 2.00 bits per heavy atom. The molecule has 1 amide bonds. The summed E-state index contributed by atoms with van der Waals surface area (Å²) < 4.78 is 74.3. The molecule has 3 unspecified atom stereocenters. The molecular weight excluding hydrogens is 290 g/mol. The molecule has 1 aliphatic rings. The van der Waals surface area contributed by atoms with Crippen LogP contribution in [0.25, 0.3) is 0 Å². The van der Waals surface area contributed by atoms with E-state index in [1.54, 1.807) is 6.92 Å². The highest BCUT2D eigenvalue weighted by Gasteiger charge is 2.61. The second-order valence-corrected chi connectivity index (χ2v) is 5.07. The van der Waals surface area contributed by atoms with Gasteiger partial charge in [0.05, 0.1) is 0 Å². The fourth-order valence-corrected chi connectivity index (χ4v) is 2.27. The van der Waals surface area contributed by atoms with E-state index in [2.05, 4.69) is 5.32 Å². The number of hydrogen-bond donors (Lipinski definition) is 2. The highest BCUT2D eigenvalue weighted by Crippen LogP contribution is 2.39. The third kappa shape index (κ3) is 4.26. The summed E-state index contributed by atoms with van der Waals surface area (Å²) in [4.78, 5) is 11.4. The number of piperidine rings is 1. The van der Waals surface area contributed by atoms with Crippen molar-refractivity contribution < 1.29 is 31.1 Å². The Morgan fingerprint density at radius 1 is 1.10 bits per heavy atom. The van der Waals surface area contributed by atoms with E-state index in [1.807, 2.05) is 12.2 Å². The van der Waals surface area contributed by atoms with Gasteiger partial charge in [-0.25, -0.2) is 0 Å². The number of halogens is 6. The molecule has 0 aromatic carbocycles. The van der Waals surface area contributed by atoms with Crippen LogP contribution in [-0.2, 0) is 4.79 Å². The fourth-order valence-electron chi connectivity index (χ4n) is 2.27. The van der Waals surface area contributed by atoms with E-state index in [1.165, 1.54) is 0 Å². The highest BCUT2D eigenvalue weighted by atomic mass is 19.4. The van der Waals surface area contributed by atoms with Gasteiger partial charge in [-0.15, -0.1) is 0 Å². The van der Waals surface area contributed by atoms with Crippen LogP contribution >= 0.6 is 0 Å². The van der Waals surface area contributed by atoms with Crippen molar-refractivity contribution in [3.8, 4) is 0 Å². The number of nitrogens with one attached hydrogen (secondary N) is 2. The summed E-state index contributed by atoms with van der Waals surface area (Å²) in [6.07, 6.45) is -10.4. The first-order valence-corrected chi connectivity index (χ1v) is 6.12. The maximum Gasteiger partial charge on any atom is 0.409 e. The van der Waals surface area contributed by atoms with Crippen molar-refractivity contribution in [2.75, 3.05) is 0 Å². The van der Waals surface area contributed by atoms with Gasteiger partial charge in [0.1, 0.15) is 0 Å². The number of carbonyl (C=O) groups excluding carboxylic acids is 1. The largest absolute Gasteiger partial charge is 0.409 e. The van der Waals surface area contributed by atoms with Crippen LogP contribution in [-0.4, -0.2) is 36.4 Å². The minimum absolute atomic E-state index is 0.110. The molecule has 9 heteroatoms. The van der Waals surface area contributed by atoms with E-state index in [4.69, 9.17) is 0 Å². The van der Waals surface area contributed by atoms with Gasteiger partial charge in [-0.2, -0.15) is 26.3 Å². The number of rotatable bonds is 2. The van der Waals surface area contributed by atoms with Crippen LogP contribution in [0.15, 0.2) is 0 Å². The molecule has 118 valence electrons. The normalized spacial score (nSPS) is 28.6. The molecule has 0 aromatic rings. The molecule has 1 rings (SSSR count). The molecule has 0 bridgehead atoms. The molecule has 2 N–H and O–H groups in total. The zero-order valence-electron chi connectivity index (χ0n) is 10.9. The molecule has 0 spiro atoms. The molecule has 0 radical (unpaired) electrons. The molecule has 0 aliphatic carbocycles. The van der Waals surface area contributed by atoms with Crippen LogP contribution in [0.1, 0.15) is 26.7 Å².